The van der Waals surface area contributed by atoms with Gasteiger partial charge in [-0.05, 0) is 60.9 Å². The topological polar surface area (TPSA) is 99.9 Å². The lowest BCUT2D eigenvalue weighted by atomic mass is 9.92. The van der Waals surface area contributed by atoms with Gasteiger partial charge in [-0.25, -0.2) is 0 Å². The maximum absolute atomic E-state index is 13.5. The zero-order valence-electron chi connectivity index (χ0n) is 20.1. The van der Waals surface area contributed by atoms with Crippen LogP contribution in [0.1, 0.15) is 36.1 Å². The summed E-state index contributed by atoms with van der Waals surface area (Å²) in [4.78, 5) is 28.2. The lowest BCUT2D eigenvalue weighted by Gasteiger charge is -2.27. The molecule has 7 nitrogen and oxygen atoms in total. The van der Waals surface area contributed by atoms with Gasteiger partial charge in [-0.1, -0.05) is 36.4 Å². The van der Waals surface area contributed by atoms with Crippen LogP contribution in [0.15, 0.2) is 84.1 Å². The van der Waals surface area contributed by atoms with Crippen LogP contribution in [-0.4, -0.2) is 30.5 Å². The maximum Gasteiger partial charge on any atom is 0.294 e. The van der Waals surface area contributed by atoms with Crippen molar-refractivity contribution in [3.8, 4) is 17.6 Å². The number of ketones is 1. The molecule has 4 rings (SSSR count). The van der Waals surface area contributed by atoms with Crippen LogP contribution in [-0.2, 0) is 16.0 Å². The van der Waals surface area contributed by atoms with Crippen LogP contribution in [0.5, 0.6) is 11.5 Å². The number of nitriles is 1. The summed E-state index contributed by atoms with van der Waals surface area (Å²) in [7, 11) is 1.53. The Balaban J connectivity index is 1.78. The van der Waals surface area contributed by atoms with E-state index in [0.29, 0.717) is 41.3 Å². The predicted molar refractivity (Wildman–Crippen MR) is 135 cm³/mol. The van der Waals surface area contributed by atoms with Crippen LogP contribution < -0.4 is 14.4 Å². The summed E-state index contributed by atoms with van der Waals surface area (Å²) in [5, 5.41) is 20.1. The molecule has 36 heavy (non-hydrogen) atoms. The van der Waals surface area contributed by atoms with E-state index in [-0.39, 0.29) is 17.8 Å². The molecule has 1 N–H and O–H groups in total. The molecule has 1 atom stereocenters. The number of aliphatic hydroxyl groups is 1. The van der Waals surface area contributed by atoms with Crippen LogP contribution in [0.4, 0.5) is 5.69 Å². The van der Waals surface area contributed by atoms with Crippen molar-refractivity contribution >= 4 is 17.4 Å². The largest absolute Gasteiger partial charge is 0.503 e. The lowest BCUT2D eigenvalue weighted by molar-refractivity contribution is -0.118. The molecule has 0 aromatic heterocycles. The van der Waals surface area contributed by atoms with Crippen molar-refractivity contribution in [2.75, 3.05) is 18.6 Å². The third-order valence-electron chi connectivity index (χ3n) is 6.07. The number of methoxy groups -OCH3 is 1. The minimum Gasteiger partial charge on any atom is -0.503 e. The standard InChI is InChI=1S/C29H26N2O5/c1-3-36-25-17-21(12-16-24(25)35-2)27-26(23(32)15-11-19-7-5-4-6-8-19)28(33)29(34)31(27)22-13-9-20(18-30)10-14-22/h4-10,12-14,16-17,27,33H,3,11,15H2,1-2H3. The van der Waals surface area contributed by atoms with Crippen molar-refractivity contribution in [1.29, 1.82) is 5.26 Å². The van der Waals surface area contributed by atoms with E-state index in [9.17, 15) is 14.7 Å². The monoisotopic (exact) mass is 482 g/mol. The summed E-state index contributed by atoms with van der Waals surface area (Å²) in [5.74, 6) is -0.593. The molecular weight excluding hydrogens is 456 g/mol. The Morgan fingerprint density at radius 3 is 2.42 bits per heavy atom. The number of carbonyl (C=O) groups is 2. The first-order chi connectivity index (χ1) is 17.5. The molecule has 1 amide bonds. The number of hydrogen-bond acceptors (Lipinski definition) is 6. The summed E-state index contributed by atoms with van der Waals surface area (Å²) in [6.07, 6.45) is 0.601. The van der Waals surface area contributed by atoms with Gasteiger partial charge in [0.05, 0.1) is 37.0 Å². The van der Waals surface area contributed by atoms with Crippen molar-refractivity contribution in [3.63, 3.8) is 0 Å². The predicted octanol–water partition coefficient (Wildman–Crippen LogP) is 5.07. The van der Waals surface area contributed by atoms with Gasteiger partial charge < -0.3 is 14.6 Å². The van der Waals surface area contributed by atoms with Crippen LogP contribution >= 0.6 is 0 Å². The van der Waals surface area contributed by atoms with E-state index in [2.05, 4.69) is 6.07 Å². The van der Waals surface area contributed by atoms with Gasteiger partial charge in [-0.2, -0.15) is 5.26 Å². The molecule has 7 heteroatoms. The van der Waals surface area contributed by atoms with Crippen LogP contribution in [0.3, 0.4) is 0 Å². The first-order valence-electron chi connectivity index (χ1n) is 11.6. The fraction of sp³-hybridized carbons (Fsp3) is 0.207. The van der Waals surface area contributed by atoms with Crippen LogP contribution in [0.25, 0.3) is 0 Å². The van der Waals surface area contributed by atoms with Crippen molar-refractivity contribution in [1.82, 2.24) is 0 Å². The van der Waals surface area contributed by atoms with Gasteiger partial charge in [0.15, 0.2) is 23.0 Å². The Hall–Kier alpha value is -4.57. The summed E-state index contributed by atoms with van der Waals surface area (Å²) in [6.45, 7) is 2.24. The van der Waals surface area contributed by atoms with Crippen LogP contribution in [0, 0.1) is 11.3 Å². The number of ether oxygens (including phenoxy) is 2. The maximum atomic E-state index is 13.5. The van der Waals surface area contributed by atoms with Gasteiger partial charge in [0.2, 0.25) is 0 Å². The molecule has 1 heterocycles. The van der Waals surface area contributed by atoms with Gasteiger partial charge in [0, 0.05) is 12.1 Å². The molecule has 0 fully saturated rings. The Bertz CT molecular complexity index is 1340. The summed E-state index contributed by atoms with van der Waals surface area (Å²) in [6, 6.07) is 22.4. The minimum absolute atomic E-state index is 0.0351. The van der Waals surface area contributed by atoms with Gasteiger partial charge in [0.25, 0.3) is 5.91 Å². The molecule has 0 spiro atoms. The first kappa shape index (κ1) is 24.6. The molecule has 3 aromatic carbocycles. The van der Waals surface area contributed by atoms with Crippen molar-refractivity contribution < 1.29 is 24.2 Å². The Morgan fingerprint density at radius 1 is 1.06 bits per heavy atom. The van der Waals surface area contributed by atoms with Crippen molar-refractivity contribution in [3.05, 3.63) is 101 Å². The number of Topliss-reactive ketones (excluding diaryl/α,β-unsaturated/α-hetero) is 1. The van der Waals surface area contributed by atoms with E-state index >= 15 is 0 Å². The van der Waals surface area contributed by atoms with Gasteiger partial charge in [-0.15, -0.1) is 0 Å². The first-order valence-corrected chi connectivity index (χ1v) is 11.6. The number of amides is 1. The highest BCUT2D eigenvalue weighted by Gasteiger charge is 2.44. The molecule has 0 aliphatic carbocycles. The number of benzene rings is 3. The lowest BCUT2D eigenvalue weighted by Crippen LogP contribution is -2.31. The Morgan fingerprint density at radius 2 is 1.78 bits per heavy atom. The molecule has 3 aromatic rings. The second kappa shape index (κ2) is 10.8. The molecule has 1 aliphatic heterocycles. The highest BCUT2D eigenvalue weighted by Crippen LogP contribution is 2.43. The zero-order chi connectivity index (χ0) is 25.7. The van der Waals surface area contributed by atoms with Crippen LogP contribution in [0.2, 0.25) is 0 Å². The van der Waals surface area contributed by atoms with E-state index < -0.39 is 17.7 Å². The Labute approximate surface area is 209 Å². The van der Waals surface area contributed by atoms with E-state index in [4.69, 9.17) is 14.7 Å². The van der Waals surface area contributed by atoms with Gasteiger partial charge in [0.1, 0.15) is 0 Å². The number of aliphatic hydroxyl groups excluding tert-OH is 1. The molecule has 0 radical (unpaired) electrons. The average molecular weight is 483 g/mol. The molecular formula is C29H26N2O5. The minimum atomic E-state index is -0.876. The Kier molecular flexibility index (Phi) is 7.36. The summed E-state index contributed by atoms with van der Waals surface area (Å²) in [5.41, 5.74) is 2.49. The molecule has 182 valence electrons. The van der Waals surface area contributed by atoms with E-state index in [1.54, 1.807) is 42.5 Å². The SMILES string of the molecule is CCOc1cc(C2C(C(=O)CCc3ccccc3)=C(O)C(=O)N2c2ccc(C#N)cc2)ccc1OC. The van der Waals surface area contributed by atoms with Gasteiger partial charge >= 0.3 is 0 Å². The normalized spacial score (nSPS) is 15.1. The van der Waals surface area contributed by atoms with Crippen molar-refractivity contribution in [2.45, 2.75) is 25.8 Å². The highest BCUT2D eigenvalue weighted by molar-refractivity contribution is 6.16. The number of rotatable bonds is 9. The third kappa shape index (κ3) is 4.80. The average Bonchev–Trinajstić information content (AvgIpc) is 3.18. The number of nitrogens with zero attached hydrogens (tertiary/aromatic N) is 2. The zero-order valence-corrected chi connectivity index (χ0v) is 20.1. The summed E-state index contributed by atoms with van der Waals surface area (Å²) < 4.78 is 11.1. The number of carbonyl (C=O) groups excluding carboxylic acids is 2. The number of anilines is 1. The van der Waals surface area contributed by atoms with E-state index in [1.165, 1.54) is 12.0 Å². The number of aryl methyl sites for hydroxylation is 1. The fourth-order valence-electron chi connectivity index (χ4n) is 4.34. The van der Waals surface area contributed by atoms with Gasteiger partial charge in [-0.3, -0.25) is 14.5 Å². The third-order valence-corrected chi connectivity index (χ3v) is 6.07. The molecule has 0 saturated carbocycles. The smallest absolute Gasteiger partial charge is 0.294 e. The highest BCUT2D eigenvalue weighted by atomic mass is 16.5. The molecule has 0 saturated heterocycles. The van der Waals surface area contributed by atoms with E-state index in [0.717, 1.165) is 5.56 Å². The second-order valence-electron chi connectivity index (χ2n) is 8.25. The molecule has 0 bridgehead atoms. The van der Waals surface area contributed by atoms with E-state index in [1.807, 2.05) is 37.3 Å². The number of hydrogen-bond donors (Lipinski definition) is 1. The fourth-order valence-corrected chi connectivity index (χ4v) is 4.34. The van der Waals surface area contributed by atoms with Crippen molar-refractivity contribution in [2.24, 2.45) is 0 Å². The second-order valence-corrected chi connectivity index (χ2v) is 8.25. The quantitative estimate of drug-likeness (QED) is 0.457. The summed E-state index contributed by atoms with van der Waals surface area (Å²) >= 11 is 0. The molecule has 1 aliphatic rings. The molecule has 1 unspecified atom stereocenters.